The van der Waals surface area contributed by atoms with Gasteiger partial charge in [0.05, 0.1) is 6.54 Å². The maximum Gasteiger partial charge on any atom is 0.129 e. The van der Waals surface area contributed by atoms with Crippen LogP contribution in [0.3, 0.4) is 0 Å². The molecule has 0 radical (unpaired) electrons. The van der Waals surface area contributed by atoms with Crippen LogP contribution in [0.1, 0.15) is 11.1 Å². The molecule has 1 N–H and O–H groups in total. The quantitative estimate of drug-likeness (QED) is 0.744. The summed E-state index contributed by atoms with van der Waals surface area (Å²) < 4.78 is 16.8. The highest BCUT2D eigenvalue weighted by molar-refractivity contribution is 9.10. The van der Waals surface area contributed by atoms with Crippen molar-refractivity contribution in [2.24, 2.45) is 0 Å². The van der Waals surface area contributed by atoms with Gasteiger partial charge >= 0.3 is 0 Å². The van der Waals surface area contributed by atoms with Crippen molar-refractivity contribution in [1.82, 2.24) is 9.88 Å². The molecule has 108 valence electrons. The third kappa shape index (κ3) is 3.01. The molecule has 0 unspecified atom stereocenters. The molecule has 3 rings (SSSR count). The normalized spacial score (nSPS) is 11.2. The van der Waals surface area contributed by atoms with Gasteiger partial charge in [0.25, 0.3) is 0 Å². The van der Waals surface area contributed by atoms with Gasteiger partial charge in [-0.3, -0.25) is 0 Å². The molecule has 0 saturated carbocycles. The molecule has 0 spiro atoms. The summed E-state index contributed by atoms with van der Waals surface area (Å²) in [5, 5.41) is 4.33. The van der Waals surface area contributed by atoms with Crippen LogP contribution in [-0.2, 0) is 13.1 Å². The Labute approximate surface area is 131 Å². The van der Waals surface area contributed by atoms with Gasteiger partial charge in [0.15, 0.2) is 0 Å². The van der Waals surface area contributed by atoms with E-state index in [2.05, 4.69) is 50.1 Å². The standard InChI is InChI=1S/C17H16BrFN2/c1-20-10-12-2-5-17-13(8-12)6-7-21(17)11-14-3-4-15(18)9-16(14)19/h2-9,20H,10-11H2,1H3. The van der Waals surface area contributed by atoms with Crippen molar-refractivity contribution in [2.75, 3.05) is 7.05 Å². The number of hydrogen-bond donors (Lipinski definition) is 1. The largest absolute Gasteiger partial charge is 0.343 e. The van der Waals surface area contributed by atoms with Crippen LogP contribution in [0.25, 0.3) is 10.9 Å². The molecule has 2 nitrogen and oxygen atoms in total. The molecule has 4 heteroatoms. The molecule has 0 amide bonds. The smallest absolute Gasteiger partial charge is 0.129 e. The molecule has 0 atom stereocenters. The van der Waals surface area contributed by atoms with Crippen molar-refractivity contribution in [3.05, 3.63) is 70.1 Å². The summed E-state index contributed by atoms with van der Waals surface area (Å²) in [5.41, 5.74) is 3.06. The summed E-state index contributed by atoms with van der Waals surface area (Å²) in [6.07, 6.45) is 2.01. The number of aromatic nitrogens is 1. The fourth-order valence-electron chi connectivity index (χ4n) is 2.54. The molecule has 0 aliphatic heterocycles. The summed E-state index contributed by atoms with van der Waals surface area (Å²) in [5.74, 6) is -0.182. The zero-order valence-corrected chi connectivity index (χ0v) is 13.3. The third-order valence-corrected chi connectivity index (χ3v) is 4.07. The van der Waals surface area contributed by atoms with E-state index in [0.29, 0.717) is 12.1 Å². The first-order valence-electron chi connectivity index (χ1n) is 6.83. The van der Waals surface area contributed by atoms with E-state index < -0.39 is 0 Å². The molecule has 0 aliphatic carbocycles. The maximum atomic E-state index is 14.0. The van der Waals surface area contributed by atoms with Crippen LogP contribution in [-0.4, -0.2) is 11.6 Å². The Balaban J connectivity index is 1.94. The lowest BCUT2D eigenvalue weighted by Crippen LogP contribution is -2.05. The van der Waals surface area contributed by atoms with Crippen molar-refractivity contribution < 1.29 is 4.39 Å². The summed E-state index contributed by atoms with van der Waals surface area (Å²) in [6.45, 7) is 1.39. The van der Waals surface area contributed by atoms with E-state index in [1.54, 1.807) is 0 Å². The Bertz CT molecular complexity index is 780. The Kier molecular flexibility index (Phi) is 4.08. The second kappa shape index (κ2) is 6.00. The number of nitrogens with zero attached hydrogens (tertiary/aromatic N) is 1. The first-order chi connectivity index (χ1) is 10.2. The number of nitrogens with one attached hydrogen (secondary N) is 1. The van der Waals surface area contributed by atoms with Crippen molar-refractivity contribution in [2.45, 2.75) is 13.1 Å². The Morgan fingerprint density at radius 1 is 1.14 bits per heavy atom. The van der Waals surface area contributed by atoms with Gasteiger partial charge in [0, 0.05) is 28.3 Å². The van der Waals surface area contributed by atoms with Crippen LogP contribution in [0.15, 0.2) is 53.1 Å². The van der Waals surface area contributed by atoms with Gasteiger partial charge in [0.2, 0.25) is 0 Å². The predicted octanol–water partition coefficient (Wildman–Crippen LogP) is 4.31. The highest BCUT2D eigenvalue weighted by Gasteiger charge is 2.07. The lowest BCUT2D eigenvalue weighted by atomic mass is 10.1. The molecular formula is C17H16BrFN2. The molecule has 0 fully saturated rings. The number of hydrogen-bond acceptors (Lipinski definition) is 1. The van der Waals surface area contributed by atoms with Gasteiger partial charge in [-0.15, -0.1) is 0 Å². The van der Waals surface area contributed by atoms with Gasteiger partial charge in [-0.05, 0) is 48.3 Å². The molecule has 3 aromatic rings. The SMILES string of the molecule is CNCc1ccc2c(ccn2Cc2ccc(Br)cc2F)c1. The second-order valence-electron chi connectivity index (χ2n) is 5.10. The Morgan fingerprint density at radius 3 is 2.76 bits per heavy atom. The molecular weight excluding hydrogens is 331 g/mol. The van der Waals surface area contributed by atoms with Crippen LogP contribution >= 0.6 is 15.9 Å². The Morgan fingerprint density at radius 2 is 2.00 bits per heavy atom. The van der Waals surface area contributed by atoms with E-state index in [9.17, 15) is 4.39 Å². The molecule has 0 aliphatic rings. The average Bonchev–Trinajstić information content (AvgIpc) is 2.85. The number of fused-ring (bicyclic) bond motifs is 1. The van der Waals surface area contributed by atoms with Gasteiger partial charge in [-0.1, -0.05) is 28.1 Å². The fourth-order valence-corrected chi connectivity index (χ4v) is 2.87. The fraction of sp³-hybridized carbons (Fsp3) is 0.176. The summed E-state index contributed by atoms with van der Waals surface area (Å²) >= 11 is 3.28. The zero-order chi connectivity index (χ0) is 14.8. The van der Waals surface area contributed by atoms with Crippen molar-refractivity contribution >= 4 is 26.8 Å². The van der Waals surface area contributed by atoms with Gasteiger partial charge in [0.1, 0.15) is 5.82 Å². The van der Waals surface area contributed by atoms with Gasteiger partial charge in [-0.25, -0.2) is 4.39 Å². The summed E-state index contributed by atoms with van der Waals surface area (Å²) in [6, 6.07) is 13.6. The van der Waals surface area contributed by atoms with E-state index in [1.807, 2.05) is 25.4 Å². The van der Waals surface area contributed by atoms with E-state index >= 15 is 0 Å². The van der Waals surface area contributed by atoms with E-state index in [-0.39, 0.29) is 5.82 Å². The topological polar surface area (TPSA) is 17.0 Å². The van der Waals surface area contributed by atoms with E-state index in [4.69, 9.17) is 0 Å². The minimum Gasteiger partial charge on any atom is -0.343 e. The second-order valence-corrected chi connectivity index (χ2v) is 6.02. The summed E-state index contributed by atoms with van der Waals surface area (Å²) in [4.78, 5) is 0. The monoisotopic (exact) mass is 346 g/mol. The molecule has 0 saturated heterocycles. The highest BCUT2D eigenvalue weighted by Crippen LogP contribution is 2.21. The minimum atomic E-state index is -0.182. The first-order valence-corrected chi connectivity index (χ1v) is 7.63. The number of benzene rings is 2. The molecule has 1 heterocycles. The van der Waals surface area contributed by atoms with Crippen molar-refractivity contribution in [3.8, 4) is 0 Å². The maximum absolute atomic E-state index is 14.0. The number of halogens is 2. The third-order valence-electron chi connectivity index (χ3n) is 3.57. The van der Waals surface area contributed by atoms with Crippen LogP contribution in [0, 0.1) is 5.82 Å². The predicted molar refractivity (Wildman–Crippen MR) is 87.9 cm³/mol. The molecule has 2 aromatic carbocycles. The number of rotatable bonds is 4. The van der Waals surface area contributed by atoms with Crippen LogP contribution in [0.5, 0.6) is 0 Å². The molecule has 21 heavy (non-hydrogen) atoms. The average molecular weight is 347 g/mol. The van der Waals surface area contributed by atoms with Crippen molar-refractivity contribution in [1.29, 1.82) is 0 Å². The Hall–Kier alpha value is -1.65. The highest BCUT2D eigenvalue weighted by atomic mass is 79.9. The van der Waals surface area contributed by atoms with Crippen LogP contribution < -0.4 is 5.32 Å². The molecule has 0 bridgehead atoms. The van der Waals surface area contributed by atoms with Crippen molar-refractivity contribution in [3.63, 3.8) is 0 Å². The minimum absolute atomic E-state index is 0.182. The van der Waals surface area contributed by atoms with E-state index in [0.717, 1.165) is 16.5 Å². The van der Waals surface area contributed by atoms with Gasteiger partial charge < -0.3 is 9.88 Å². The zero-order valence-electron chi connectivity index (χ0n) is 11.7. The van der Waals surface area contributed by atoms with Crippen LogP contribution in [0.2, 0.25) is 0 Å². The summed E-state index contributed by atoms with van der Waals surface area (Å²) in [7, 11) is 1.94. The lowest BCUT2D eigenvalue weighted by molar-refractivity contribution is 0.601. The van der Waals surface area contributed by atoms with Gasteiger partial charge in [-0.2, -0.15) is 0 Å². The van der Waals surface area contributed by atoms with Crippen LogP contribution in [0.4, 0.5) is 4.39 Å². The lowest BCUT2D eigenvalue weighted by Gasteiger charge is -2.08. The van der Waals surface area contributed by atoms with E-state index in [1.165, 1.54) is 17.0 Å². The molecule has 1 aromatic heterocycles. The first kappa shape index (κ1) is 14.3.